The van der Waals surface area contributed by atoms with Gasteiger partial charge in [0.1, 0.15) is 11.9 Å². The molecule has 3 aromatic rings. The number of para-hydroxylation sites is 1. The Hall–Kier alpha value is -3.26. The van der Waals surface area contributed by atoms with E-state index in [1.807, 2.05) is 55.6 Å². The van der Waals surface area contributed by atoms with Gasteiger partial charge in [0.2, 0.25) is 5.91 Å². The molecule has 1 atom stereocenters. The van der Waals surface area contributed by atoms with Crippen LogP contribution in [0.15, 0.2) is 47.9 Å². The van der Waals surface area contributed by atoms with Crippen LogP contribution in [0.3, 0.4) is 0 Å². The second-order valence-corrected chi connectivity index (χ2v) is 7.94. The number of amides is 1. The van der Waals surface area contributed by atoms with Crippen molar-refractivity contribution in [2.75, 3.05) is 12.4 Å². The van der Waals surface area contributed by atoms with Crippen molar-refractivity contribution in [2.24, 2.45) is 5.92 Å². The fraction of sp³-hybridized carbons (Fsp3) is 0.273. The summed E-state index contributed by atoms with van der Waals surface area (Å²) in [6.07, 6.45) is 3.25. The minimum Gasteiger partial charge on any atom is -0.467 e. The lowest BCUT2D eigenvalue weighted by atomic mass is 10.0. The lowest BCUT2D eigenvalue weighted by molar-refractivity contribution is -0.142. The maximum atomic E-state index is 12.2. The summed E-state index contributed by atoms with van der Waals surface area (Å²) in [6, 6.07) is 10.8. The monoisotopic (exact) mass is 424 g/mol. The van der Waals surface area contributed by atoms with Gasteiger partial charge in [0.25, 0.3) is 0 Å². The molecule has 0 unspecified atom stereocenters. The number of fused-ring (bicyclic) bond motifs is 1. The highest BCUT2D eigenvalue weighted by Crippen LogP contribution is 2.22. The third kappa shape index (κ3) is 5.42. The van der Waals surface area contributed by atoms with Crippen LogP contribution in [-0.4, -0.2) is 35.0 Å². The summed E-state index contributed by atoms with van der Waals surface area (Å²) in [5.74, 6) is 0.381. The Morgan fingerprint density at radius 2 is 1.97 bits per heavy atom. The molecule has 3 rings (SSSR count). The summed E-state index contributed by atoms with van der Waals surface area (Å²) >= 11 is 1.56. The van der Waals surface area contributed by atoms with Gasteiger partial charge >= 0.3 is 5.97 Å². The van der Waals surface area contributed by atoms with E-state index in [4.69, 9.17) is 4.74 Å². The van der Waals surface area contributed by atoms with E-state index in [1.54, 1.807) is 17.4 Å². The fourth-order valence-electron chi connectivity index (χ4n) is 2.85. The number of nitrogens with one attached hydrogen (secondary N) is 2. The molecule has 30 heavy (non-hydrogen) atoms. The normalized spacial score (nSPS) is 12.3. The van der Waals surface area contributed by atoms with Gasteiger partial charge in [-0.3, -0.25) is 4.79 Å². The molecule has 0 radical (unpaired) electrons. The first kappa shape index (κ1) is 21.4. The third-order valence-electron chi connectivity index (χ3n) is 4.43. The number of carbonyl (C=O) groups excluding carboxylic acids is 2. The summed E-state index contributed by atoms with van der Waals surface area (Å²) < 4.78 is 4.92. The lowest BCUT2D eigenvalue weighted by Gasteiger charge is -2.21. The molecule has 0 bridgehead atoms. The highest BCUT2D eigenvalue weighted by Gasteiger charge is 2.24. The van der Waals surface area contributed by atoms with Crippen LogP contribution in [0.1, 0.15) is 24.5 Å². The molecule has 0 saturated carbocycles. The first-order chi connectivity index (χ1) is 14.5. The number of hydrogen-bond donors (Lipinski definition) is 2. The Morgan fingerprint density at radius 3 is 2.67 bits per heavy atom. The van der Waals surface area contributed by atoms with Gasteiger partial charge in [-0.25, -0.2) is 14.8 Å². The molecule has 1 amide bonds. The van der Waals surface area contributed by atoms with Crippen LogP contribution in [0, 0.1) is 5.92 Å². The Morgan fingerprint density at radius 1 is 1.17 bits per heavy atom. The number of ether oxygens (including phenoxy) is 1. The second kappa shape index (κ2) is 9.98. The van der Waals surface area contributed by atoms with Crippen molar-refractivity contribution in [3.8, 4) is 0 Å². The Labute approximate surface area is 179 Å². The van der Waals surface area contributed by atoms with E-state index in [0.717, 1.165) is 15.8 Å². The number of benzene rings is 1. The Kier molecular flexibility index (Phi) is 7.13. The lowest BCUT2D eigenvalue weighted by Crippen LogP contribution is -2.36. The van der Waals surface area contributed by atoms with E-state index in [-0.39, 0.29) is 24.3 Å². The molecule has 2 heterocycles. The molecule has 2 N–H and O–H groups in total. The maximum absolute atomic E-state index is 12.2. The zero-order chi connectivity index (χ0) is 21.5. The number of hydrogen-bond acceptors (Lipinski definition) is 7. The predicted molar refractivity (Wildman–Crippen MR) is 119 cm³/mol. The predicted octanol–water partition coefficient (Wildman–Crippen LogP) is 3.63. The van der Waals surface area contributed by atoms with Crippen LogP contribution in [0.25, 0.3) is 17.0 Å². The topological polar surface area (TPSA) is 93.2 Å². The highest BCUT2D eigenvalue weighted by molar-refractivity contribution is 7.10. The molecular formula is C22H24N4O3S. The molecule has 156 valence electrons. The number of nitrogens with zero attached hydrogens (tertiary/aromatic N) is 2. The summed E-state index contributed by atoms with van der Waals surface area (Å²) in [7, 11) is 1.36. The van der Waals surface area contributed by atoms with E-state index < -0.39 is 6.04 Å². The van der Waals surface area contributed by atoms with Crippen molar-refractivity contribution >= 4 is 46.0 Å². The van der Waals surface area contributed by atoms with Crippen LogP contribution in [0.2, 0.25) is 0 Å². The van der Waals surface area contributed by atoms with Gasteiger partial charge in [-0.2, -0.15) is 0 Å². The Bertz CT molecular complexity index is 1050. The number of carbonyl (C=O) groups is 2. The van der Waals surface area contributed by atoms with Crippen LogP contribution >= 0.6 is 11.3 Å². The fourth-order valence-corrected chi connectivity index (χ4v) is 3.47. The van der Waals surface area contributed by atoms with Crippen molar-refractivity contribution in [1.29, 1.82) is 0 Å². The van der Waals surface area contributed by atoms with Crippen molar-refractivity contribution in [3.63, 3.8) is 0 Å². The molecule has 0 saturated heterocycles. The first-order valence-electron chi connectivity index (χ1n) is 9.57. The number of rotatable bonds is 8. The highest BCUT2D eigenvalue weighted by atomic mass is 32.1. The number of esters is 1. The number of aromatic nitrogens is 2. The van der Waals surface area contributed by atoms with Crippen LogP contribution < -0.4 is 10.6 Å². The molecule has 0 aliphatic rings. The van der Waals surface area contributed by atoms with E-state index in [1.165, 1.54) is 13.2 Å². The molecule has 0 fully saturated rings. The largest absolute Gasteiger partial charge is 0.467 e. The van der Waals surface area contributed by atoms with E-state index in [9.17, 15) is 9.59 Å². The maximum Gasteiger partial charge on any atom is 0.328 e. The van der Waals surface area contributed by atoms with E-state index in [2.05, 4.69) is 20.6 Å². The third-order valence-corrected chi connectivity index (χ3v) is 5.26. The van der Waals surface area contributed by atoms with E-state index in [0.29, 0.717) is 11.6 Å². The van der Waals surface area contributed by atoms with Gasteiger partial charge in [-0.1, -0.05) is 32.0 Å². The second-order valence-electron chi connectivity index (χ2n) is 6.96. The molecular weight excluding hydrogens is 400 g/mol. The van der Waals surface area contributed by atoms with Gasteiger partial charge in [0.05, 0.1) is 19.2 Å². The smallest absolute Gasteiger partial charge is 0.328 e. The van der Waals surface area contributed by atoms with Crippen LogP contribution in [-0.2, 0) is 20.9 Å². The molecule has 0 aliphatic heterocycles. The van der Waals surface area contributed by atoms with Crippen LogP contribution in [0.4, 0.5) is 5.82 Å². The summed E-state index contributed by atoms with van der Waals surface area (Å²) in [5, 5.41) is 8.73. The molecule has 0 aliphatic carbocycles. The standard InChI is InChI=1S/C22H24N4O3S/c1-14(2)20(22(28)29-3)26-21-16-8-4-5-9-17(16)24-18(25-21)13-23-19(27)11-10-15-7-6-12-30-15/h4-12,14,20H,13H2,1-3H3,(H,23,27)(H,24,25,26)/t20-/m0/s1. The van der Waals surface area contributed by atoms with Gasteiger partial charge in [-0.05, 0) is 35.6 Å². The molecule has 0 spiro atoms. The number of methoxy groups -OCH3 is 1. The van der Waals surface area contributed by atoms with Gasteiger partial charge in [-0.15, -0.1) is 11.3 Å². The van der Waals surface area contributed by atoms with Gasteiger partial charge < -0.3 is 15.4 Å². The van der Waals surface area contributed by atoms with Gasteiger partial charge in [0, 0.05) is 16.3 Å². The minimum atomic E-state index is -0.551. The van der Waals surface area contributed by atoms with Crippen molar-refractivity contribution in [3.05, 3.63) is 58.6 Å². The van der Waals surface area contributed by atoms with Crippen LogP contribution in [0.5, 0.6) is 0 Å². The number of anilines is 1. The SMILES string of the molecule is COC(=O)[C@@H](Nc1nc(CNC(=O)C=Cc2cccs2)nc2ccccc12)C(C)C. The average molecular weight is 425 g/mol. The molecule has 1 aromatic carbocycles. The zero-order valence-electron chi connectivity index (χ0n) is 17.1. The van der Waals surface area contributed by atoms with Gasteiger partial charge in [0.15, 0.2) is 5.82 Å². The first-order valence-corrected chi connectivity index (χ1v) is 10.5. The molecule has 7 nitrogen and oxygen atoms in total. The van der Waals surface area contributed by atoms with Crippen molar-refractivity contribution in [2.45, 2.75) is 26.4 Å². The van der Waals surface area contributed by atoms with Crippen molar-refractivity contribution in [1.82, 2.24) is 15.3 Å². The average Bonchev–Trinajstić information content (AvgIpc) is 3.27. The zero-order valence-corrected chi connectivity index (χ0v) is 17.9. The molecule has 8 heteroatoms. The van der Waals surface area contributed by atoms with E-state index >= 15 is 0 Å². The van der Waals surface area contributed by atoms with Crippen molar-refractivity contribution < 1.29 is 14.3 Å². The summed E-state index contributed by atoms with van der Waals surface area (Å²) in [4.78, 5) is 34.4. The Balaban J connectivity index is 1.80. The molecule has 2 aromatic heterocycles. The summed E-state index contributed by atoms with van der Waals surface area (Å²) in [6.45, 7) is 4.02. The minimum absolute atomic E-state index is 0.00304. The quantitative estimate of drug-likeness (QED) is 0.424. The number of thiophene rings is 1. The summed E-state index contributed by atoms with van der Waals surface area (Å²) in [5.41, 5.74) is 0.723.